The lowest BCUT2D eigenvalue weighted by atomic mass is 10.2. The van der Waals surface area contributed by atoms with Gasteiger partial charge >= 0.3 is 0 Å². The summed E-state index contributed by atoms with van der Waals surface area (Å²) in [4.78, 5) is 2.39. The third kappa shape index (κ3) is 4.40. The summed E-state index contributed by atoms with van der Waals surface area (Å²) in [7, 11) is 0. The van der Waals surface area contributed by atoms with Crippen molar-refractivity contribution in [2.45, 2.75) is 32.7 Å². The summed E-state index contributed by atoms with van der Waals surface area (Å²) >= 11 is 0. The molecule has 14 heavy (non-hydrogen) atoms. The van der Waals surface area contributed by atoms with Gasteiger partial charge in [0, 0.05) is 12.6 Å². The lowest BCUT2D eigenvalue weighted by Gasteiger charge is -2.18. The predicted molar refractivity (Wildman–Crippen MR) is 59.6 cm³/mol. The molecule has 1 atom stereocenters. The second-order valence-electron chi connectivity index (χ2n) is 3.90. The molecule has 1 N–H and O–H groups in total. The summed E-state index contributed by atoms with van der Waals surface area (Å²) in [6.45, 7) is 10.7. The normalized spacial score (nSPS) is 22.1. The van der Waals surface area contributed by atoms with Gasteiger partial charge in [-0.25, -0.2) is 0 Å². The molecule has 0 saturated carbocycles. The summed E-state index contributed by atoms with van der Waals surface area (Å²) in [6, 6.07) is 0.617. The first kappa shape index (κ1) is 12.0. The van der Waals surface area contributed by atoms with Crippen LogP contribution < -0.4 is 5.32 Å². The van der Waals surface area contributed by atoms with Crippen LogP contribution >= 0.6 is 0 Å². The Morgan fingerprint density at radius 3 is 2.71 bits per heavy atom. The molecule has 0 radical (unpaired) electrons. The van der Waals surface area contributed by atoms with Crippen LogP contribution in [0.2, 0.25) is 0 Å². The fourth-order valence-electron chi connectivity index (χ4n) is 1.86. The first-order chi connectivity index (χ1) is 6.86. The zero-order valence-electron chi connectivity index (χ0n) is 9.59. The standard InChI is InChI=1S/C11H24N2O/c1-3-13(4-2)8-9-14-10-11-6-5-7-12-11/h11-12H,3-10H2,1-2H3. The van der Waals surface area contributed by atoms with Crippen molar-refractivity contribution in [3.05, 3.63) is 0 Å². The van der Waals surface area contributed by atoms with E-state index >= 15 is 0 Å². The third-order valence-corrected chi connectivity index (χ3v) is 2.93. The molecular formula is C11H24N2O. The maximum atomic E-state index is 5.65. The van der Waals surface area contributed by atoms with Crippen LogP contribution in [0.4, 0.5) is 0 Å². The van der Waals surface area contributed by atoms with Gasteiger partial charge in [0.2, 0.25) is 0 Å². The molecule has 0 spiro atoms. The van der Waals surface area contributed by atoms with Crippen LogP contribution in [0.1, 0.15) is 26.7 Å². The van der Waals surface area contributed by atoms with E-state index in [9.17, 15) is 0 Å². The van der Waals surface area contributed by atoms with Crippen molar-refractivity contribution in [1.29, 1.82) is 0 Å². The smallest absolute Gasteiger partial charge is 0.0620 e. The minimum absolute atomic E-state index is 0.617. The van der Waals surface area contributed by atoms with Crippen molar-refractivity contribution in [2.24, 2.45) is 0 Å². The van der Waals surface area contributed by atoms with Crippen LogP contribution in [0, 0.1) is 0 Å². The second kappa shape index (κ2) is 7.21. The quantitative estimate of drug-likeness (QED) is 0.623. The molecule has 1 rings (SSSR count). The van der Waals surface area contributed by atoms with E-state index in [0.29, 0.717) is 6.04 Å². The van der Waals surface area contributed by atoms with Gasteiger partial charge in [-0.15, -0.1) is 0 Å². The summed E-state index contributed by atoms with van der Waals surface area (Å²) in [5.41, 5.74) is 0. The van der Waals surface area contributed by atoms with Crippen molar-refractivity contribution in [3.8, 4) is 0 Å². The van der Waals surface area contributed by atoms with Gasteiger partial charge in [-0.1, -0.05) is 13.8 Å². The van der Waals surface area contributed by atoms with Crippen molar-refractivity contribution < 1.29 is 4.74 Å². The van der Waals surface area contributed by atoms with E-state index in [4.69, 9.17) is 4.74 Å². The van der Waals surface area contributed by atoms with Gasteiger partial charge in [-0.05, 0) is 32.5 Å². The summed E-state index contributed by atoms with van der Waals surface area (Å²) < 4.78 is 5.65. The SMILES string of the molecule is CCN(CC)CCOCC1CCCN1. The van der Waals surface area contributed by atoms with E-state index in [-0.39, 0.29) is 0 Å². The highest BCUT2D eigenvalue weighted by molar-refractivity contribution is 4.73. The molecule has 1 aliphatic rings. The van der Waals surface area contributed by atoms with Crippen LogP contribution in [-0.4, -0.2) is 50.3 Å². The van der Waals surface area contributed by atoms with Gasteiger partial charge in [0.25, 0.3) is 0 Å². The summed E-state index contributed by atoms with van der Waals surface area (Å²) in [6.07, 6.45) is 2.59. The highest BCUT2D eigenvalue weighted by atomic mass is 16.5. The van der Waals surface area contributed by atoms with E-state index in [1.165, 1.54) is 19.4 Å². The predicted octanol–water partition coefficient (Wildman–Crippen LogP) is 1.10. The third-order valence-electron chi connectivity index (χ3n) is 2.93. The van der Waals surface area contributed by atoms with Crippen LogP contribution in [0.25, 0.3) is 0 Å². The Labute approximate surface area is 87.8 Å². The Kier molecular flexibility index (Phi) is 6.15. The Balaban J connectivity index is 1.92. The molecule has 0 aliphatic carbocycles. The Bertz CT molecular complexity index is 127. The molecule has 84 valence electrons. The van der Waals surface area contributed by atoms with E-state index in [1.54, 1.807) is 0 Å². The molecule has 3 heteroatoms. The van der Waals surface area contributed by atoms with Crippen molar-refractivity contribution in [3.63, 3.8) is 0 Å². The largest absolute Gasteiger partial charge is 0.379 e. The zero-order valence-corrected chi connectivity index (χ0v) is 9.59. The van der Waals surface area contributed by atoms with Gasteiger partial charge in [-0.2, -0.15) is 0 Å². The fraction of sp³-hybridized carbons (Fsp3) is 1.00. The Morgan fingerprint density at radius 2 is 2.14 bits per heavy atom. The van der Waals surface area contributed by atoms with E-state index in [2.05, 4.69) is 24.1 Å². The van der Waals surface area contributed by atoms with Crippen LogP contribution in [-0.2, 0) is 4.74 Å². The molecule has 0 bridgehead atoms. The molecule has 1 saturated heterocycles. The van der Waals surface area contributed by atoms with Gasteiger partial charge in [-0.3, -0.25) is 0 Å². The number of rotatable bonds is 7. The molecule has 0 aromatic rings. The maximum absolute atomic E-state index is 5.65. The van der Waals surface area contributed by atoms with E-state index in [1.807, 2.05) is 0 Å². The average Bonchev–Trinajstić information content (AvgIpc) is 2.71. The molecule has 1 aliphatic heterocycles. The average molecular weight is 200 g/mol. The van der Waals surface area contributed by atoms with Crippen molar-refractivity contribution in [2.75, 3.05) is 39.4 Å². The number of hydrogen-bond acceptors (Lipinski definition) is 3. The molecular weight excluding hydrogens is 176 g/mol. The lowest BCUT2D eigenvalue weighted by Crippen LogP contribution is -2.30. The van der Waals surface area contributed by atoms with E-state index in [0.717, 1.165) is 32.8 Å². The van der Waals surface area contributed by atoms with Gasteiger partial charge in [0.05, 0.1) is 13.2 Å². The maximum Gasteiger partial charge on any atom is 0.0620 e. The number of hydrogen-bond donors (Lipinski definition) is 1. The molecule has 1 unspecified atom stereocenters. The summed E-state index contributed by atoms with van der Waals surface area (Å²) in [5.74, 6) is 0. The van der Waals surface area contributed by atoms with Crippen molar-refractivity contribution >= 4 is 0 Å². The number of nitrogens with one attached hydrogen (secondary N) is 1. The van der Waals surface area contributed by atoms with Gasteiger partial charge < -0.3 is 15.0 Å². The number of nitrogens with zero attached hydrogens (tertiary/aromatic N) is 1. The molecule has 3 nitrogen and oxygen atoms in total. The molecule has 1 heterocycles. The van der Waals surface area contributed by atoms with E-state index < -0.39 is 0 Å². The minimum atomic E-state index is 0.617. The molecule has 0 aromatic heterocycles. The molecule has 1 fully saturated rings. The Morgan fingerprint density at radius 1 is 1.36 bits per heavy atom. The fourth-order valence-corrected chi connectivity index (χ4v) is 1.86. The lowest BCUT2D eigenvalue weighted by molar-refractivity contribution is 0.0932. The number of ether oxygens (including phenoxy) is 1. The van der Waals surface area contributed by atoms with Gasteiger partial charge in [0.15, 0.2) is 0 Å². The van der Waals surface area contributed by atoms with Crippen LogP contribution in [0.5, 0.6) is 0 Å². The number of likely N-dealkylation sites (N-methyl/N-ethyl adjacent to an activating group) is 1. The first-order valence-electron chi connectivity index (χ1n) is 5.90. The van der Waals surface area contributed by atoms with Crippen LogP contribution in [0.3, 0.4) is 0 Å². The van der Waals surface area contributed by atoms with Gasteiger partial charge in [0.1, 0.15) is 0 Å². The summed E-state index contributed by atoms with van der Waals surface area (Å²) in [5, 5.41) is 3.43. The molecule has 0 amide bonds. The Hall–Kier alpha value is -0.120. The highest BCUT2D eigenvalue weighted by Crippen LogP contribution is 2.04. The van der Waals surface area contributed by atoms with Crippen LogP contribution in [0.15, 0.2) is 0 Å². The minimum Gasteiger partial charge on any atom is -0.379 e. The zero-order chi connectivity index (χ0) is 10.2. The molecule has 0 aromatic carbocycles. The topological polar surface area (TPSA) is 24.5 Å². The van der Waals surface area contributed by atoms with Crippen molar-refractivity contribution in [1.82, 2.24) is 10.2 Å². The monoisotopic (exact) mass is 200 g/mol. The second-order valence-corrected chi connectivity index (χ2v) is 3.90. The first-order valence-corrected chi connectivity index (χ1v) is 5.90. The highest BCUT2D eigenvalue weighted by Gasteiger charge is 2.13.